The third kappa shape index (κ3) is 2.26. The zero-order valence-corrected chi connectivity index (χ0v) is 11.2. The molecule has 1 aromatic carbocycles. The molecule has 0 saturated carbocycles. The minimum atomic E-state index is -0.180. The maximum absolute atomic E-state index is 12.2. The van der Waals surface area contributed by atoms with Crippen LogP contribution >= 0.6 is 0 Å². The van der Waals surface area contributed by atoms with Crippen LogP contribution in [0.2, 0.25) is 0 Å². The normalized spacial score (nSPS) is 19.8. The minimum Gasteiger partial charge on any atom is -0.324 e. The maximum atomic E-state index is 12.2. The fourth-order valence-electron chi connectivity index (χ4n) is 2.61. The van der Waals surface area contributed by atoms with Crippen LogP contribution in [0.15, 0.2) is 24.3 Å². The molecule has 4 heteroatoms. The summed E-state index contributed by atoms with van der Waals surface area (Å²) in [5, 5.41) is 6.32. The Bertz CT molecular complexity index is 433. The summed E-state index contributed by atoms with van der Waals surface area (Å²) in [7, 11) is 0. The molecule has 1 heterocycles. The summed E-state index contributed by atoms with van der Waals surface area (Å²) < 4.78 is 0. The molecule has 0 saturated heterocycles. The molecule has 1 aliphatic heterocycles. The highest BCUT2D eigenvalue weighted by molar-refractivity contribution is 6.02. The molecule has 2 rings (SSSR count). The van der Waals surface area contributed by atoms with Crippen LogP contribution in [0.3, 0.4) is 0 Å². The van der Waals surface area contributed by atoms with E-state index >= 15 is 0 Å². The Balaban J connectivity index is 2.28. The van der Waals surface area contributed by atoms with Crippen LogP contribution in [-0.4, -0.2) is 30.1 Å². The molecule has 0 radical (unpaired) electrons. The molecule has 1 amide bonds. The Morgan fingerprint density at radius 2 is 2.11 bits per heavy atom. The predicted molar refractivity (Wildman–Crippen MR) is 73.3 cm³/mol. The molecule has 1 aromatic rings. The van der Waals surface area contributed by atoms with Crippen LogP contribution < -0.4 is 10.6 Å². The van der Waals surface area contributed by atoms with E-state index in [-0.39, 0.29) is 18.1 Å². The number of nitrogens with zero attached hydrogens (tertiary/aromatic N) is 1. The Kier molecular flexibility index (Phi) is 3.99. The molecule has 0 aliphatic carbocycles. The molecule has 1 aliphatic rings. The lowest BCUT2D eigenvalue weighted by Gasteiger charge is -2.32. The molecule has 0 aromatic heterocycles. The van der Waals surface area contributed by atoms with Crippen molar-refractivity contribution >= 4 is 11.6 Å². The van der Waals surface area contributed by atoms with E-state index in [0.717, 1.165) is 24.3 Å². The van der Waals surface area contributed by atoms with Crippen LogP contribution in [0.25, 0.3) is 0 Å². The number of amides is 1. The second-order valence-corrected chi connectivity index (χ2v) is 4.54. The first kappa shape index (κ1) is 13.1. The van der Waals surface area contributed by atoms with Crippen LogP contribution in [-0.2, 0) is 4.79 Å². The van der Waals surface area contributed by atoms with Gasteiger partial charge in [-0.25, -0.2) is 0 Å². The van der Waals surface area contributed by atoms with Gasteiger partial charge in [0.1, 0.15) is 6.04 Å². The largest absolute Gasteiger partial charge is 0.324 e. The van der Waals surface area contributed by atoms with Gasteiger partial charge in [-0.2, -0.15) is 0 Å². The predicted octanol–water partition coefficient (Wildman–Crippen LogP) is 1.96. The monoisotopic (exact) mass is 247 g/mol. The number of carbonyl (C=O) groups is 1. The average Bonchev–Trinajstić information content (AvgIpc) is 2.68. The van der Waals surface area contributed by atoms with Crippen LogP contribution in [0, 0.1) is 0 Å². The lowest BCUT2D eigenvalue weighted by molar-refractivity contribution is -0.121. The summed E-state index contributed by atoms with van der Waals surface area (Å²) in [4.78, 5) is 14.3. The Morgan fingerprint density at radius 3 is 2.78 bits per heavy atom. The molecule has 2 atom stereocenters. The summed E-state index contributed by atoms with van der Waals surface area (Å²) in [6, 6.07) is 7.74. The maximum Gasteiger partial charge on any atom is 0.246 e. The second kappa shape index (κ2) is 5.50. The summed E-state index contributed by atoms with van der Waals surface area (Å²) in [6.45, 7) is 7.99. The van der Waals surface area contributed by atoms with E-state index in [1.165, 1.54) is 0 Å². The number of anilines is 1. The zero-order valence-electron chi connectivity index (χ0n) is 11.2. The van der Waals surface area contributed by atoms with Crippen molar-refractivity contribution in [2.75, 3.05) is 18.4 Å². The van der Waals surface area contributed by atoms with Crippen molar-refractivity contribution in [2.24, 2.45) is 0 Å². The minimum absolute atomic E-state index is 0.0720. The molecule has 2 unspecified atom stereocenters. The molecule has 4 nitrogen and oxygen atoms in total. The van der Waals surface area contributed by atoms with Gasteiger partial charge in [0.25, 0.3) is 0 Å². The van der Waals surface area contributed by atoms with Crippen molar-refractivity contribution in [3.8, 4) is 0 Å². The number of para-hydroxylation sites is 1. The lowest BCUT2D eigenvalue weighted by atomic mass is 10.1. The van der Waals surface area contributed by atoms with E-state index in [9.17, 15) is 4.79 Å². The number of carbonyl (C=O) groups excluding carboxylic acids is 1. The van der Waals surface area contributed by atoms with Gasteiger partial charge < -0.3 is 10.6 Å². The number of benzene rings is 1. The molecule has 2 N–H and O–H groups in total. The van der Waals surface area contributed by atoms with Gasteiger partial charge in [-0.3, -0.25) is 9.69 Å². The fourth-order valence-corrected chi connectivity index (χ4v) is 2.61. The second-order valence-electron chi connectivity index (χ2n) is 4.54. The first-order chi connectivity index (χ1) is 8.69. The Labute approximate surface area is 108 Å². The number of rotatable bonds is 5. The lowest BCUT2D eigenvalue weighted by Crippen LogP contribution is -2.47. The van der Waals surface area contributed by atoms with Gasteiger partial charge in [-0.05, 0) is 26.1 Å². The van der Waals surface area contributed by atoms with Gasteiger partial charge in [0.15, 0.2) is 0 Å². The zero-order chi connectivity index (χ0) is 13.1. The van der Waals surface area contributed by atoms with E-state index in [0.29, 0.717) is 0 Å². The van der Waals surface area contributed by atoms with E-state index in [4.69, 9.17) is 0 Å². The SMILES string of the molecule is CCNC(C)N(CC)C1C(=O)Nc2ccccc21. The molecule has 18 heavy (non-hydrogen) atoms. The van der Waals surface area contributed by atoms with Gasteiger partial charge in [0, 0.05) is 11.3 Å². The number of likely N-dealkylation sites (N-methyl/N-ethyl adjacent to an activating group) is 1. The van der Waals surface area contributed by atoms with Gasteiger partial charge in [0.05, 0.1) is 6.17 Å². The van der Waals surface area contributed by atoms with E-state index in [2.05, 4.69) is 36.3 Å². The molecule has 0 fully saturated rings. The number of fused-ring (bicyclic) bond motifs is 1. The van der Waals surface area contributed by atoms with Crippen molar-refractivity contribution in [2.45, 2.75) is 33.0 Å². The molecule has 0 bridgehead atoms. The third-order valence-electron chi connectivity index (χ3n) is 3.46. The van der Waals surface area contributed by atoms with Gasteiger partial charge in [0.2, 0.25) is 5.91 Å². The van der Waals surface area contributed by atoms with Crippen LogP contribution in [0.1, 0.15) is 32.4 Å². The average molecular weight is 247 g/mol. The van der Waals surface area contributed by atoms with Crippen molar-refractivity contribution in [3.05, 3.63) is 29.8 Å². The van der Waals surface area contributed by atoms with Crippen molar-refractivity contribution in [1.82, 2.24) is 10.2 Å². The van der Waals surface area contributed by atoms with Crippen LogP contribution in [0.5, 0.6) is 0 Å². The fraction of sp³-hybridized carbons (Fsp3) is 0.500. The van der Waals surface area contributed by atoms with Gasteiger partial charge in [-0.15, -0.1) is 0 Å². The molecule has 0 spiro atoms. The first-order valence-corrected chi connectivity index (χ1v) is 6.58. The molecule has 98 valence electrons. The van der Waals surface area contributed by atoms with Crippen LogP contribution in [0.4, 0.5) is 5.69 Å². The number of hydrogen-bond donors (Lipinski definition) is 2. The Hall–Kier alpha value is -1.39. The summed E-state index contributed by atoms with van der Waals surface area (Å²) >= 11 is 0. The van der Waals surface area contributed by atoms with E-state index in [1.807, 2.05) is 24.3 Å². The first-order valence-electron chi connectivity index (χ1n) is 6.58. The molecular weight excluding hydrogens is 226 g/mol. The van der Waals surface area contributed by atoms with Gasteiger partial charge >= 0.3 is 0 Å². The highest BCUT2D eigenvalue weighted by Crippen LogP contribution is 2.35. The summed E-state index contributed by atoms with van der Waals surface area (Å²) in [6.07, 6.45) is 0.182. The van der Waals surface area contributed by atoms with E-state index < -0.39 is 0 Å². The highest BCUT2D eigenvalue weighted by atomic mass is 16.2. The summed E-state index contributed by atoms with van der Waals surface area (Å²) in [5.74, 6) is 0.0720. The standard InChI is InChI=1S/C14H21N3O/c1-4-15-10(3)17(5-2)13-11-8-6-7-9-12(11)16-14(13)18/h6-10,13,15H,4-5H2,1-3H3,(H,16,18). The number of hydrogen-bond acceptors (Lipinski definition) is 3. The highest BCUT2D eigenvalue weighted by Gasteiger charge is 2.36. The third-order valence-corrected chi connectivity index (χ3v) is 3.46. The quantitative estimate of drug-likeness (QED) is 0.782. The Morgan fingerprint density at radius 1 is 1.39 bits per heavy atom. The topological polar surface area (TPSA) is 44.4 Å². The van der Waals surface area contributed by atoms with Crippen molar-refractivity contribution in [1.29, 1.82) is 0 Å². The van der Waals surface area contributed by atoms with Gasteiger partial charge in [-0.1, -0.05) is 32.0 Å². The smallest absolute Gasteiger partial charge is 0.246 e. The summed E-state index contributed by atoms with van der Waals surface area (Å²) in [5.41, 5.74) is 2.02. The number of nitrogens with one attached hydrogen (secondary N) is 2. The van der Waals surface area contributed by atoms with Crippen molar-refractivity contribution in [3.63, 3.8) is 0 Å². The van der Waals surface area contributed by atoms with Crippen molar-refractivity contribution < 1.29 is 4.79 Å². The van der Waals surface area contributed by atoms with E-state index in [1.54, 1.807) is 0 Å². The molecular formula is C14H21N3O.